The fourth-order valence-electron chi connectivity index (χ4n) is 9.88. The van der Waals surface area contributed by atoms with Crippen molar-refractivity contribution < 1.29 is 4.42 Å². The molecule has 262 valence electrons. The van der Waals surface area contributed by atoms with Gasteiger partial charge in [-0.15, -0.1) is 0 Å². The molecule has 8 aromatic carbocycles. The molecule has 11 rings (SSSR count). The summed E-state index contributed by atoms with van der Waals surface area (Å²) >= 11 is 0. The van der Waals surface area contributed by atoms with Crippen LogP contribution < -0.4 is 4.90 Å². The van der Waals surface area contributed by atoms with Crippen LogP contribution in [0.1, 0.15) is 48.6 Å². The van der Waals surface area contributed by atoms with Gasteiger partial charge in [0.15, 0.2) is 0 Å². The van der Waals surface area contributed by atoms with E-state index in [1.165, 1.54) is 55.5 Å². The first-order valence-corrected chi connectivity index (χ1v) is 19.3. The van der Waals surface area contributed by atoms with Crippen molar-refractivity contribution in [3.8, 4) is 33.4 Å². The number of para-hydroxylation sites is 2. The van der Waals surface area contributed by atoms with Crippen LogP contribution in [0.3, 0.4) is 0 Å². The molecule has 0 aliphatic heterocycles. The van der Waals surface area contributed by atoms with E-state index in [2.05, 4.69) is 208 Å². The highest BCUT2D eigenvalue weighted by Crippen LogP contribution is 2.55. The van der Waals surface area contributed by atoms with Gasteiger partial charge in [-0.2, -0.15) is 0 Å². The number of anilines is 3. The zero-order chi connectivity index (χ0) is 36.9. The summed E-state index contributed by atoms with van der Waals surface area (Å²) in [4.78, 5) is 2.37. The lowest BCUT2D eigenvalue weighted by atomic mass is 9.73. The zero-order valence-corrected chi connectivity index (χ0v) is 31.2. The molecule has 9 aromatic rings. The highest BCUT2D eigenvalue weighted by Gasteiger charge is 2.42. The fraction of sp³-hybridized carbons (Fsp3) is 0.0943. The van der Waals surface area contributed by atoms with E-state index in [1.54, 1.807) is 0 Å². The van der Waals surface area contributed by atoms with Crippen molar-refractivity contribution in [2.45, 2.75) is 31.6 Å². The maximum atomic E-state index is 6.85. The molecule has 0 atom stereocenters. The lowest BCUT2D eigenvalue weighted by molar-refractivity contribution is 0.660. The first-order chi connectivity index (χ1) is 26.9. The molecule has 2 nitrogen and oxygen atoms in total. The van der Waals surface area contributed by atoms with Crippen molar-refractivity contribution in [2.24, 2.45) is 0 Å². The van der Waals surface area contributed by atoms with Crippen LogP contribution in [0.4, 0.5) is 17.1 Å². The predicted octanol–water partition coefficient (Wildman–Crippen LogP) is 14.4. The Labute approximate surface area is 322 Å². The fourth-order valence-corrected chi connectivity index (χ4v) is 9.88. The number of nitrogens with zero attached hydrogens (tertiary/aromatic N) is 1. The molecule has 1 aromatic heterocycles. The number of rotatable bonds is 5. The second-order valence-electron chi connectivity index (χ2n) is 15.8. The average molecular weight is 706 g/mol. The van der Waals surface area contributed by atoms with Crippen molar-refractivity contribution >= 4 is 39.0 Å². The molecule has 1 heterocycles. The normalized spacial score (nSPS) is 14.4. The van der Waals surface area contributed by atoms with Crippen LogP contribution in [0.25, 0.3) is 55.3 Å². The second kappa shape index (κ2) is 11.7. The Hall–Kier alpha value is -6.64. The zero-order valence-electron chi connectivity index (χ0n) is 31.2. The monoisotopic (exact) mass is 705 g/mol. The number of fused-ring (bicyclic) bond motifs is 9. The van der Waals surface area contributed by atoms with Crippen molar-refractivity contribution in [3.05, 3.63) is 210 Å². The number of furan rings is 1. The number of benzene rings is 8. The third kappa shape index (κ3) is 4.49. The van der Waals surface area contributed by atoms with Gasteiger partial charge in [-0.25, -0.2) is 0 Å². The Morgan fingerprint density at radius 2 is 0.927 bits per heavy atom. The summed E-state index contributed by atoms with van der Waals surface area (Å²) in [5.41, 5.74) is 19.0. The van der Waals surface area contributed by atoms with E-state index < -0.39 is 0 Å². The quantitative estimate of drug-likeness (QED) is 0.177. The van der Waals surface area contributed by atoms with E-state index in [4.69, 9.17) is 4.42 Å². The minimum Gasteiger partial charge on any atom is -0.455 e. The number of hydrogen-bond acceptors (Lipinski definition) is 2. The summed E-state index contributed by atoms with van der Waals surface area (Å²) in [7, 11) is 0. The Balaban J connectivity index is 1.03. The molecule has 0 fully saturated rings. The molecule has 2 heteroatoms. The summed E-state index contributed by atoms with van der Waals surface area (Å²) in [6.45, 7) is 7.07. The van der Waals surface area contributed by atoms with E-state index in [-0.39, 0.29) is 10.8 Å². The van der Waals surface area contributed by atoms with E-state index in [9.17, 15) is 0 Å². The van der Waals surface area contributed by atoms with Gasteiger partial charge in [-0.3, -0.25) is 0 Å². The molecule has 0 bridgehead atoms. The Morgan fingerprint density at radius 1 is 0.400 bits per heavy atom. The van der Waals surface area contributed by atoms with Crippen LogP contribution >= 0.6 is 0 Å². The summed E-state index contributed by atoms with van der Waals surface area (Å²) in [5, 5.41) is 2.32. The first-order valence-electron chi connectivity index (χ1n) is 19.3. The smallest absolute Gasteiger partial charge is 0.143 e. The maximum Gasteiger partial charge on any atom is 0.143 e. The predicted molar refractivity (Wildman–Crippen MR) is 229 cm³/mol. The molecular weight excluding hydrogens is 667 g/mol. The van der Waals surface area contributed by atoms with E-state index in [1.807, 2.05) is 0 Å². The van der Waals surface area contributed by atoms with Gasteiger partial charge in [0.2, 0.25) is 0 Å². The molecule has 2 aliphatic rings. The third-order valence-corrected chi connectivity index (χ3v) is 12.6. The summed E-state index contributed by atoms with van der Waals surface area (Å²) in [5.74, 6) is 0. The summed E-state index contributed by atoms with van der Waals surface area (Å²) in [6.07, 6.45) is 0. The highest BCUT2D eigenvalue weighted by molar-refractivity contribution is 6.12. The van der Waals surface area contributed by atoms with Gasteiger partial charge in [-0.05, 0) is 105 Å². The van der Waals surface area contributed by atoms with Gasteiger partial charge in [0.1, 0.15) is 11.2 Å². The molecule has 0 N–H and O–H groups in total. The van der Waals surface area contributed by atoms with Crippen molar-refractivity contribution in [3.63, 3.8) is 0 Å². The molecule has 2 aliphatic carbocycles. The van der Waals surface area contributed by atoms with E-state index in [0.717, 1.165) is 44.7 Å². The largest absolute Gasteiger partial charge is 0.455 e. The van der Waals surface area contributed by atoms with Crippen LogP contribution in [-0.4, -0.2) is 0 Å². The minimum absolute atomic E-state index is 0.0821. The van der Waals surface area contributed by atoms with Crippen LogP contribution in [0.15, 0.2) is 186 Å². The Bertz CT molecular complexity index is 2920. The average Bonchev–Trinajstić information content (AvgIpc) is 3.83. The summed E-state index contributed by atoms with van der Waals surface area (Å²) in [6, 6.07) is 66.4. The molecule has 0 amide bonds. The third-order valence-electron chi connectivity index (χ3n) is 12.6. The standard InChI is InChI=1S/C53H39NO/c1-52(2)44-22-10-7-17-39(44)42-32-31-37(33-48(42)52)54(35-15-5-4-6-16-35)36-29-27-34(28-30-36)38-20-13-21-43-50-47(25-14-26-49(50)55-51(38)43)53(3)45-23-11-8-18-40(45)41-19-9-12-24-46(41)53/h4-33H,1-3H3. The van der Waals surface area contributed by atoms with E-state index in [0.29, 0.717) is 0 Å². The molecule has 0 saturated heterocycles. The van der Waals surface area contributed by atoms with Gasteiger partial charge >= 0.3 is 0 Å². The van der Waals surface area contributed by atoms with Crippen molar-refractivity contribution in [2.75, 3.05) is 4.90 Å². The minimum atomic E-state index is -0.322. The molecule has 0 unspecified atom stereocenters. The summed E-state index contributed by atoms with van der Waals surface area (Å²) < 4.78 is 6.85. The van der Waals surface area contributed by atoms with E-state index >= 15 is 0 Å². The van der Waals surface area contributed by atoms with Crippen molar-refractivity contribution in [1.82, 2.24) is 0 Å². The van der Waals surface area contributed by atoms with Gasteiger partial charge in [0, 0.05) is 44.2 Å². The van der Waals surface area contributed by atoms with Gasteiger partial charge in [0.25, 0.3) is 0 Å². The molecule has 0 saturated carbocycles. The Morgan fingerprint density at radius 3 is 1.64 bits per heavy atom. The Kier molecular flexibility index (Phi) is 6.76. The molecular formula is C53H39NO. The molecule has 0 spiro atoms. The molecule has 55 heavy (non-hydrogen) atoms. The SMILES string of the molecule is CC1(C)c2ccccc2-c2ccc(N(c3ccccc3)c3ccc(-c4cccc5c4oc4cccc(C6(C)c7ccccc7-c7ccccc76)c45)cc3)cc21. The van der Waals surface area contributed by atoms with Crippen molar-refractivity contribution in [1.29, 1.82) is 0 Å². The van der Waals surface area contributed by atoms with Crippen LogP contribution in [0.2, 0.25) is 0 Å². The van der Waals surface area contributed by atoms with Gasteiger partial charge in [0.05, 0.1) is 0 Å². The first kappa shape index (κ1) is 31.8. The maximum absolute atomic E-state index is 6.85. The highest BCUT2D eigenvalue weighted by atomic mass is 16.3. The van der Waals surface area contributed by atoms with Gasteiger partial charge < -0.3 is 9.32 Å². The van der Waals surface area contributed by atoms with Crippen LogP contribution in [0, 0.1) is 0 Å². The van der Waals surface area contributed by atoms with Gasteiger partial charge in [-0.1, -0.05) is 153 Å². The topological polar surface area (TPSA) is 16.4 Å². The number of hydrogen-bond donors (Lipinski definition) is 0. The molecule has 0 radical (unpaired) electrons. The second-order valence-corrected chi connectivity index (χ2v) is 15.8. The van der Waals surface area contributed by atoms with Crippen LogP contribution in [-0.2, 0) is 10.8 Å². The lowest BCUT2D eigenvalue weighted by Gasteiger charge is -2.29. The van der Waals surface area contributed by atoms with Crippen LogP contribution in [0.5, 0.6) is 0 Å². The lowest BCUT2D eigenvalue weighted by Crippen LogP contribution is -2.22.